The average Bonchev–Trinajstić information content (AvgIpc) is 2.99. The molecule has 0 saturated carbocycles. The Morgan fingerprint density at radius 3 is 2.23 bits per heavy atom. The van der Waals surface area contributed by atoms with Crippen molar-refractivity contribution < 1.29 is 22.8 Å². The van der Waals surface area contributed by atoms with Crippen LogP contribution in [-0.4, -0.2) is 49.1 Å². The maximum atomic E-state index is 12.2. The molecule has 3 atom stereocenters. The molecule has 0 aromatic carbocycles. The van der Waals surface area contributed by atoms with Gasteiger partial charge < -0.3 is 15.4 Å². The van der Waals surface area contributed by atoms with Gasteiger partial charge in [-0.05, 0) is 32.6 Å². The van der Waals surface area contributed by atoms with Gasteiger partial charge in [-0.3, -0.25) is 4.79 Å². The molecular formula is C18H30N2O5S. The first-order chi connectivity index (χ1) is 12.3. The van der Waals surface area contributed by atoms with E-state index in [1.165, 1.54) is 0 Å². The first-order valence-electron chi connectivity index (χ1n) is 9.59. The number of sulfone groups is 1. The summed E-state index contributed by atoms with van der Waals surface area (Å²) in [5.74, 6) is 0.438. The lowest BCUT2D eigenvalue weighted by Crippen LogP contribution is -2.39. The van der Waals surface area contributed by atoms with Crippen molar-refractivity contribution in [3.05, 3.63) is 0 Å². The second kappa shape index (κ2) is 9.48. The monoisotopic (exact) mass is 386 g/mol. The summed E-state index contributed by atoms with van der Waals surface area (Å²) in [5.41, 5.74) is 0. The molecule has 2 aliphatic rings. The molecule has 2 N–H and O–H groups in total. The van der Waals surface area contributed by atoms with Crippen molar-refractivity contribution in [3.8, 4) is 0 Å². The molecule has 0 aliphatic carbocycles. The molecule has 7 nitrogen and oxygen atoms in total. The highest BCUT2D eigenvalue weighted by Gasteiger charge is 2.51. The minimum Gasteiger partial charge on any atom is -0.332 e. The van der Waals surface area contributed by atoms with E-state index in [0.717, 1.165) is 25.7 Å². The van der Waals surface area contributed by atoms with E-state index in [0.29, 0.717) is 38.5 Å². The molecule has 2 rings (SSSR count). The number of carbonyl (C=O) groups excluding carboxylic acids is 3. The third-order valence-corrected chi connectivity index (χ3v) is 7.53. The number of carbonyl (C=O) groups is 3. The molecule has 2 fully saturated rings. The fraction of sp³-hybridized carbons (Fsp3) is 0.833. The van der Waals surface area contributed by atoms with Crippen molar-refractivity contribution in [3.63, 3.8) is 0 Å². The summed E-state index contributed by atoms with van der Waals surface area (Å²) in [5, 5.41) is 4.82. The maximum Gasteiger partial charge on any atom is 0.315 e. The van der Waals surface area contributed by atoms with Crippen LogP contribution in [0.25, 0.3) is 0 Å². The van der Waals surface area contributed by atoms with E-state index in [1.807, 2.05) is 0 Å². The standard InChI is InChI=1S/C18H30N2O5S/c1-13(21)8-4-2-3-5-9-14(22)10-6-7-11-16-17-15(12-26(16,24)25)19-18(23)20-17/h15-17H,2-12H2,1H3,(H2,19,20,23)/t15-,16-,17-/m0/s1. The minimum absolute atomic E-state index is 0.00360. The molecule has 2 saturated heterocycles. The fourth-order valence-corrected chi connectivity index (χ4v) is 6.12. The second-order valence-corrected chi connectivity index (χ2v) is 9.78. The van der Waals surface area contributed by atoms with Crippen LogP contribution in [0.2, 0.25) is 0 Å². The van der Waals surface area contributed by atoms with Gasteiger partial charge in [-0.25, -0.2) is 13.2 Å². The molecular weight excluding hydrogens is 356 g/mol. The molecule has 26 heavy (non-hydrogen) atoms. The van der Waals surface area contributed by atoms with E-state index in [-0.39, 0.29) is 35.4 Å². The van der Waals surface area contributed by atoms with Crippen molar-refractivity contribution in [2.75, 3.05) is 5.75 Å². The number of unbranched alkanes of at least 4 members (excludes halogenated alkanes) is 4. The van der Waals surface area contributed by atoms with E-state index in [4.69, 9.17) is 0 Å². The third-order valence-electron chi connectivity index (χ3n) is 5.25. The molecule has 0 spiro atoms. The zero-order chi connectivity index (χ0) is 19.2. The van der Waals surface area contributed by atoms with Crippen LogP contribution in [0, 0.1) is 0 Å². The number of fused-ring (bicyclic) bond motifs is 1. The lowest BCUT2D eigenvalue weighted by molar-refractivity contribution is -0.119. The Bertz CT molecular complexity index is 631. The van der Waals surface area contributed by atoms with Gasteiger partial charge >= 0.3 is 6.03 Å². The largest absolute Gasteiger partial charge is 0.332 e. The van der Waals surface area contributed by atoms with Crippen molar-refractivity contribution in [2.24, 2.45) is 0 Å². The number of urea groups is 1. The van der Waals surface area contributed by atoms with Crippen LogP contribution in [0.5, 0.6) is 0 Å². The smallest absolute Gasteiger partial charge is 0.315 e. The zero-order valence-electron chi connectivity index (χ0n) is 15.5. The maximum absolute atomic E-state index is 12.2. The van der Waals surface area contributed by atoms with E-state index in [9.17, 15) is 22.8 Å². The van der Waals surface area contributed by atoms with Crippen LogP contribution in [0.4, 0.5) is 4.79 Å². The lowest BCUT2D eigenvalue weighted by atomic mass is 10.0. The number of hydrogen-bond acceptors (Lipinski definition) is 5. The minimum atomic E-state index is -3.19. The van der Waals surface area contributed by atoms with Crippen molar-refractivity contribution in [1.82, 2.24) is 10.6 Å². The molecule has 8 heteroatoms. The fourth-order valence-electron chi connectivity index (χ4n) is 3.85. The molecule has 0 bridgehead atoms. The van der Waals surface area contributed by atoms with E-state index in [2.05, 4.69) is 10.6 Å². The third kappa shape index (κ3) is 6.07. The summed E-state index contributed by atoms with van der Waals surface area (Å²) in [7, 11) is -3.19. The van der Waals surface area contributed by atoms with Crippen LogP contribution < -0.4 is 10.6 Å². The predicted molar refractivity (Wildman–Crippen MR) is 98.7 cm³/mol. The van der Waals surface area contributed by atoms with E-state index in [1.54, 1.807) is 6.92 Å². The number of nitrogens with one attached hydrogen (secondary N) is 2. The molecule has 0 unspecified atom stereocenters. The summed E-state index contributed by atoms with van der Waals surface area (Å²) in [6, 6.07) is -0.946. The van der Waals surface area contributed by atoms with Crippen LogP contribution in [-0.2, 0) is 19.4 Å². The number of Topliss-reactive ketones (excluding diaryl/α,β-unsaturated/α-hetero) is 2. The molecule has 2 aliphatic heterocycles. The second-order valence-electron chi connectivity index (χ2n) is 7.52. The van der Waals surface area contributed by atoms with Gasteiger partial charge in [-0.1, -0.05) is 19.3 Å². The zero-order valence-corrected chi connectivity index (χ0v) is 16.3. The number of rotatable bonds is 12. The quantitative estimate of drug-likeness (QED) is 0.393. The van der Waals surface area contributed by atoms with Crippen molar-refractivity contribution >= 4 is 27.4 Å². The highest BCUT2D eigenvalue weighted by atomic mass is 32.2. The molecule has 0 aromatic heterocycles. The molecule has 0 aromatic rings. The highest BCUT2D eigenvalue weighted by Crippen LogP contribution is 2.28. The summed E-state index contributed by atoms with van der Waals surface area (Å²) >= 11 is 0. The number of ketones is 2. The Hall–Kier alpha value is -1.44. The van der Waals surface area contributed by atoms with Gasteiger partial charge in [-0.15, -0.1) is 0 Å². The summed E-state index contributed by atoms with van der Waals surface area (Å²) in [6.45, 7) is 1.59. The SMILES string of the molecule is CC(=O)CCCCCCC(=O)CCCC[C@H]1[C@H]2NC(=O)N[C@H]2CS1(=O)=O. The van der Waals surface area contributed by atoms with Gasteiger partial charge in [0.2, 0.25) is 0 Å². The average molecular weight is 387 g/mol. The van der Waals surface area contributed by atoms with Crippen LogP contribution >= 0.6 is 0 Å². The van der Waals surface area contributed by atoms with E-state index < -0.39 is 15.1 Å². The summed E-state index contributed by atoms with van der Waals surface area (Å²) in [4.78, 5) is 34.1. The van der Waals surface area contributed by atoms with Gasteiger partial charge in [0.1, 0.15) is 11.6 Å². The Morgan fingerprint density at radius 1 is 0.962 bits per heavy atom. The van der Waals surface area contributed by atoms with E-state index >= 15 is 0 Å². The Morgan fingerprint density at radius 2 is 1.58 bits per heavy atom. The predicted octanol–water partition coefficient (Wildman–Crippen LogP) is 1.89. The number of hydrogen-bond donors (Lipinski definition) is 2. The first kappa shape index (κ1) is 20.9. The number of amides is 2. The van der Waals surface area contributed by atoms with Gasteiger partial charge in [-0.2, -0.15) is 0 Å². The molecule has 2 amide bonds. The lowest BCUT2D eigenvalue weighted by Gasteiger charge is -2.16. The summed E-state index contributed by atoms with van der Waals surface area (Å²) < 4.78 is 24.4. The van der Waals surface area contributed by atoms with Crippen LogP contribution in [0.3, 0.4) is 0 Å². The molecule has 2 heterocycles. The molecule has 0 radical (unpaired) electrons. The summed E-state index contributed by atoms with van der Waals surface area (Å²) in [6.07, 6.45) is 7.22. The Balaban J connectivity index is 1.57. The van der Waals surface area contributed by atoms with Crippen molar-refractivity contribution in [1.29, 1.82) is 0 Å². The highest BCUT2D eigenvalue weighted by molar-refractivity contribution is 7.92. The van der Waals surface area contributed by atoms with Gasteiger partial charge in [0.25, 0.3) is 0 Å². The Labute approximate surface area is 155 Å². The first-order valence-corrected chi connectivity index (χ1v) is 11.3. The van der Waals surface area contributed by atoms with Gasteiger partial charge in [0.05, 0.1) is 23.1 Å². The topological polar surface area (TPSA) is 109 Å². The normalized spacial score (nSPS) is 26.2. The Kier molecular flexibility index (Phi) is 7.61. The van der Waals surface area contributed by atoms with Gasteiger partial charge in [0, 0.05) is 19.3 Å². The van der Waals surface area contributed by atoms with Crippen LogP contribution in [0.1, 0.15) is 71.1 Å². The molecule has 148 valence electrons. The van der Waals surface area contributed by atoms with Crippen LogP contribution in [0.15, 0.2) is 0 Å². The van der Waals surface area contributed by atoms with Gasteiger partial charge in [0.15, 0.2) is 9.84 Å². The van der Waals surface area contributed by atoms with Crippen molar-refractivity contribution in [2.45, 2.75) is 88.5 Å².